The number of hydrogen-bond donors (Lipinski definition) is 0. The summed E-state index contributed by atoms with van der Waals surface area (Å²) < 4.78 is 99.0. The Labute approximate surface area is 724 Å². The number of benzene rings is 15. The van der Waals surface area contributed by atoms with E-state index in [0.29, 0.717) is 46.0 Å². The smallest absolute Gasteiger partial charge is 0.451 e. The lowest BCUT2D eigenvalue weighted by molar-refractivity contribution is 0.00354. The van der Waals surface area contributed by atoms with Gasteiger partial charge < -0.3 is 70.2 Å². The third-order valence-corrected chi connectivity index (χ3v) is 23.7. The fraction of sp³-hybridized carbons (Fsp3) is 0.172. The van der Waals surface area contributed by atoms with Crippen LogP contribution in [0.15, 0.2) is 349 Å². The predicted octanol–water partition coefficient (Wildman–Crippen LogP) is 20.9. The Morgan fingerprint density at radius 1 is 0.240 bits per heavy atom. The van der Waals surface area contributed by atoms with E-state index in [-0.39, 0.29) is 0 Å². The minimum Gasteiger partial charge on any atom is -0.451 e. The Hall–Kier alpha value is -11.3. The van der Waals surface area contributed by atoms with Crippen LogP contribution in [0.4, 0.5) is 0 Å². The molecule has 3 aliphatic rings. The summed E-state index contributed by atoms with van der Waals surface area (Å²) in [6.07, 6.45) is -2.87. The minimum atomic E-state index is -0.842. The first-order chi connectivity index (χ1) is 58.5. The molecule has 15 nitrogen and oxygen atoms in total. The van der Waals surface area contributed by atoms with Gasteiger partial charge in [0.25, 0.3) is 25.2 Å². The molecule has 3 aliphatic heterocycles. The molecule has 3 saturated heterocycles. The molecule has 3 unspecified atom stereocenters. The summed E-state index contributed by atoms with van der Waals surface area (Å²) in [4.78, 5) is 0. The lowest BCUT2D eigenvalue weighted by atomic mass is 9.61. The quantitative estimate of drug-likeness (QED) is 0.0304. The number of halogens is 2. The van der Waals surface area contributed by atoms with Gasteiger partial charge >= 0.3 is 35.6 Å². The van der Waals surface area contributed by atoms with Crippen molar-refractivity contribution in [3.05, 3.63) is 376 Å². The van der Waals surface area contributed by atoms with Crippen molar-refractivity contribution in [2.24, 2.45) is 0 Å². The third-order valence-electron chi connectivity index (χ3n) is 22.6. The Morgan fingerprint density at radius 3 is 0.793 bits per heavy atom. The molecular weight excluding hydrogens is 1640 g/mol. The molecule has 0 aliphatic carbocycles. The Bertz CT molecular complexity index is 5500. The second-order valence-corrected chi connectivity index (χ2v) is 34.0. The van der Waals surface area contributed by atoms with E-state index >= 15 is 0 Å². The van der Waals surface area contributed by atoms with Crippen LogP contribution in [0.25, 0.3) is 32.3 Å². The van der Waals surface area contributed by atoms with Gasteiger partial charge in [-0.25, -0.2) is 0 Å². The van der Waals surface area contributed by atoms with E-state index in [1.165, 1.54) is 26.9 Å². The number of rotatable bonds is 25. The molecule has 15 aromatic rings. The Morgan fingerprint density at radius 2 is 0.488 bits per heavy atom. The summed E-state index contributed by atoms with van der Waals surface area (Å²) in [5.74, 6) is 5.16. The van der Waals surface area contributed by atoms with Crippen molar-refractivity contribution in [3.8, 4) is 46.0 Å². The van der Waals surface area contributed by atoms with Gasteiger partial charge in [0.05, 0.1) is 22.4 Å². The lowest BCUT2D eigenvalue weighted by Crippen LogP contribution is -2.61. The van der Waals surface area contributed by atoms with Crippen molar-refractivity contribution in [1.29, 1.82) is 0 Å². The minimum absolute atomic E-state index is 0.418. The van der Waals surface area contributed by atoms with Gasteiger partial charge in [-0.15, -0.1) is 0 Å². The van der Waals surface area contributed by atoms with Gasteiger partial charge in [0.1, 0.15) is 46.0 Å². The highest BCUT2D eigenvalue weighted by Gasteiger charge is 2.53. The third kappa shape index (κ3) is 18.9. The summed E-state index contributed by atoms with van der Waals surface area (Å²) in [5, 5.41) is 7.15. The van der Waals surface area contributed by atoms with Crippen molar-refractivity contribution < 1.29 is 70.2 Å². The van der Waals surface area contributed by atoms with Crippen molar-refractivity contribution in [1.82, 2.24) is 0 Å². The largest absolute Gasteiger partial charge is 0.494 e. The molecule has 0 saturated carbocycles. The molecule has 3 atom stereocenters. The average molecular weight is 1730 g/mol. The second-order valence-electron chi connectivity index (χ2n) is 32.2. The number of aryl methyl sites for hydroxylation is 1. The van der Waals surface area contributed by atoms with Crippen molar-refractivity contribution in [2.45, 2.75) is 110 Å². The van der Waals surface area contributed by atoms with E-state index < -0.39 is 83.2 Å². The maximum absolute atomic E-state index is 6.73. The van der Waals surface area contributed by atoms with Crippen LogP contribution in [0.1, 0.15) is 108 Å². The van der Waals surface area contributed by atoms with E-state index in [9.17, 15) is 0 Å². The van der Waals surface area contributed by atoms with Crippen LogP contribution < -0.4 is 65.2 Å². The molecule has 0 aromatic heterocycles. The van der Waals surface area contributed by atoms with Crippen molar-refractivity contribution in [3.63, 3.8) is 0 Å². The molecule has 0 N–H and O–H groups in total. The first-order valence-corrected chi connectivity index (χ1v) is 42.0. The van der Waals surface area contributed by atoms with Crippen LogP contribution >= 0.6 is 31.9 Å². The monoisotopic (exact) mass is 1730 g/mol. The molecule has 0 radical (unpaired) electrons. The van der Waals surface area contributed by atoms with Gasteiger partial charge in [-0.3, -0.25) is 0 Å². The molecule has 3 heterocycles. The van der Waals surface area contributed by atoms with E-state index in [1.54, 1.807) is 0 Å². The van der Waals surface area contributed by atoms with Gasteiger partial charge in [0, 0.05) is 31.2 Å². The second kappa shape index (κ2) is 35.4. The molecule has 15 aromatic carbocycles. The molecule has 18 rings (SSSR count). The zero-order chi connectivity index (χ0) is 83.4. The first kappa shape index (κ1) is 82.1. The lowest BCUT2D eigenvalue weighted by Gasteiger charge is -2.32. The zero-order valence-corrected chi connectivity index (χ0v) is 71.6. The average Bonchev–Trinajstić information content (AvgIpc) is 1.35. The molecule has 22 heteroatoms. The van der Waals surface area contributed by atoms with Gasteiger partial charge in [-0.2, -0.15) is 0 Å². The molecule has 121 heavy (non-hydrogen) atoms. The highest BCUT2D eigenvalue weighted by atomic mass is 79.9. The summed E-state index contributed by atoms with van der Waals surface area (Å²) in [6, 6.07) is 111. The molecule has 0 amide bonds. The van der Waals surface area contributed by atoms with Crippen LogP contribution in [-0.4, -0.2) is 58.0 Å². The first-order valence-electron chi connectivity index (χ1n) is 40.4. The standard InChI is InChI=1S/C58H45B3Br2O9.C41H42B2O6/c1-41-17-29-50(30-18-41)64-56(42-11-5-2-6-12-42)65-51-31-19-45(20-32-51)59-70-60(46-21-33-52(34-22-46)66-57(43-13-7-3-8-14-43)68-54-37-25-48(62)26-38-54)72-61(71-59)47-23-35-53(36-24-47)67-58(44-15-9-4-10-16-44)69-55-39-27-49(63)28-40-55;1-38(2)39(3,4)47-42(46-38)29-16-20-31(21-17-29)44-37(45-32-22-18-30(19-23-32)43-48-40(5,6)41(7,8)49-43)34-25-15-28-13-12-26-10-9-11-27-14-24-33(34)36(28)35(26)27/h2-40,56-58H,1H3;9-25,37H,1-8H3. The molecule has 0 bridgehead atoms. The van der Waals surface area contributed by atoms with Crippen LogP contribution in [0.2, 0.25) is 0 Å². The van der Waals surface area contributed by atoms with E-state index in [2.05, 4.69) is 142 Å². The summed E-state index contributed by atoms with van der Waals surface area (Å²) in [6.45, 7) is 18.5. The van der Waals surface area contributed by atoms with Crippen LogP contribution in [0, 0.1) is 6.92 Å². The van der Waals surface area contributed by atoms with Crippen LogP contribution in [0.3, 0.4) is 0 Å². The number of ether oxygens (including phenoxy) is 8. The molecular formula is C99H87B5Br2O15. The zero-order valence-electron chi connectivity index (χ0n) is 68.4. The maximum Gasteiger partial charge on any atom is 0.494 e. The summed E-state index contributed by atoms with van der Waals surface area (Å²) in [5.41, 5.74) is 7.13. The number of hydrogen-bond acceptors (Lipinski definition) is 15. The van der Waals surface area contributed by atoms with Gasteiger partial charge in [0.2, 0.25) is 0 Å². The normalized spacial score (nSPS) is 16.0. The fourth-order valence-corrected chi connectivity index (χ4v) is 15.0. The fourth-order valence-electron chi connectivity index (χ4n) is 14.4. The van der Waals surface area contributed by atoms with Gasteiger partial charge in [-0.1, -0.05) is 256 Å². The highest BCUT2D eigenvalue weighted by molar-refractivity contribution is 9.10. The maximum atomic E-state index is 6.73. The van der Waals surface area contributed by atoms with E-state index in [4.69, 9.17) is 70.2 Å². The molecule has 0 spiro atoms. The van der Waals surface area contributed by atoms with Gasteiger partial charge in [0.15, 0.2) is 0 Å². The summed E-state index contributed by atoms with van der Waals surface area (Å²) >= 11 is 7.01. The Kier molecular flexibility index (Phi) is 24.0. The topological polar surface area (TPSA) is 138 Å². The SMILES string of the molecule is CC1(C)OB(c2ccc(OC(Oc3ccc(B4OC(C)(C)C(C)(C)O4)cc3)c3ccc4ccc5cccc6ccc3c4c56)cc2)OC1(C)C.Cc1ccc(OC(Oc2ccc(B3OB(c4ccc(OC(Oc5ccc(Br)cc5)c5ccccc5)cc4)OB(c4ccc(OC(Oc5ccc(Br)cc5)c5ccccc5)cc4)O3)cc2)c2ccccc2)cc1. The van der Waals surface area contributed by atoms with Gasteiger partial charge in [-0.05, 0) is 243 Å². The van der Waals surface area contributed by atoms with E-state index in [1.807, 2.05) is 292 Å². The van der Waals surface area contributed by atoms with Crippen LogP contribution in [0.5, 0.6) is 46.0 Å². The summed E-state index contributed by atoms with van der Waals surface area (Å²) in [7, 11) is -3.43. The highest BCUT2D eigenvalue weighted by Crippen LogP contribution is 2.43. The Balaban J connectivity index is 0.000000185. The van der Waals surface area contributed by atoms with Crippen molar-refractivity contribution in [2.75, 3.05) is 0 Å². The molecule has 3 fully saturated rings. The van der Waals surface area contributed by atoms with E-state index in [0.717, 1.165) is 69.5 Å². The van der Waals surface area contributed by atoms with Crippen LogP contribution in [-0.2, 0) is 32.3 Å². The molecule has 602 valence electrons. The predicted molar refractivity (Wildman–Crippen MR) is 488 cm³/mol. The van der Waals surface area contributed by atoms with Crippen molar-refractivity contribution >= 4 is 127 Å².